The van der Waals surface area contributed by atoms with Crippen molar-refractivity contribution in [3.05, 3.63) is 47.5 Å². The number of carbonyl (C=O) groups excluding carboxylic acids is 1. The van der Waals surface area contributed by atoms with E-state index in [-0.39, 0.29) is 18.1 Å². The first kappa shape index (κ1) is 19.3. The molecule has 0 bridgehead atoms. The van der Waals surface area contributed by atoms with Gasteiger partial charge in [-0.15, -0.1) is 0 Å². The molecule has 29 heavy (non-hydrogen) atoms. The quantitative estimate of drug-likeness (QED) is 0.611. The number of piperidine rings is 1. The van der Waals surface area contributed by atoms with Crippen LogP contribution in [-0.4, -0.2) is 40.8 Å². The number of furan rings is 1. The average molecular weight is 395 g/mol. The lowest BCUT2D eigenvalue weighted by Gasteiger charge is -2.26. The summed E-state index contributed by atoms with van der Waals surface area (Å²) in [7, 11) is 0. The van der Waals surface area contributed by atoms with E-state index in [4.69, 9.17) is 9.15 Å². The van der Waals surface area contributed by atoms with E-state index in [0.29, 0.717) is 34.4 Å². The summed E-state index contributed by atoms with van der Waals surface area (Å²) in [4.78, 5) is 15.2. The van der Waals surface area contributed by atoms with E-state index in [9.17, 15) is 15.0 Å². The molecule has 0 amide bonds. The highest BCUT2D eigenvalue weighted by molar-refractivity contribution is 6.10. The number of carbonyl (C=O) groups is 1. The van der Waals surface area contributed by atoms with Crippen LogP contribution >= 0.6 is 0 Å². The molecule has 152 valence electrons. The summed E-state index contributed by atoms with van der Waals surface area (Å²) in [5.41, 5.74) is 2.31. The van der Waals surface area contributed by atoms with E-state index in [1.807, 2.05) is 0 Å². The van der Waals surface area contributed by atoms with Gasteiger partial charge in [0.05, 0.1) is 6.61 Å². The molecule has 4 rings (SSSR count). The minimum Gasteiger partial charge on any atom is -0.508 e. The fraction of sp³-hybridized carbons (Fsp3) is 0.348. The number of hydrogen-bond donors (Lipinski definition) is 2. The van der Waals surface area contributed by atoms with Gasteiger partial charge in [0.2, 0.25) is 0 Å². The molecule has 2 aromatic carbocycles. The van der Waals surface area contributed by atoms with Crippen LogP contribution in [0.3, 0.4) is 0 Å². The van der Waals surface area contributed by atoms with Crippen LogP contribution in [0.25, 0.3) is 22.3 Å². The Bertz CT molecular complexity index is 1020. The van der Waals surface area contributed by atoms with Crippen molar-refractivity contribution in [3.63, 3.8) is 0 Å². The molecule has 0 saturated carbocycles. The van der Waals surface area contributed by atoms with Crippen molar-refractivity contribution < 1.29 is 24.2 Å². The molecule has 1 aromatic heterocycles. The topological polar surface area (TPSA) is 83.1 Å². The highest BCUT2D eigenvalue weighted by Gasteiger charge is 2.27. The third kappa shape index (κ3) is 3.93. The van der Waals surface area contributed by atoms with Crippen molar-refractivity contribution >= 4 is 16.9 Å². The molecule has 2 N–H and O–H groups in total. The number of benzene rings is 2. The van der Waals surface area contributed by atoms with E-state index in [2.05, 4.69) is 4.90 Å². The van der Waals surface area contributed by atoms with Crippen molar-refractivity contribution in [2.75, 3.05) is 19.7 Å². The number of phenols is 2. The van der Waals surface area contributed by atoms with Gasteiger partial charge in [-0.25, -0.2) is 4.79 Å². The van der Waals surface area contributed by atoms with Gasteiger partial charge in [0, 0.05) is 23.6 Å². The second-order valence-corrected chi connectivity index (χ2v) is 7.39. The van der Waals surface area contributed by atoms with E-state index in [1.54, 1.807) is 37.3 Å². The van der Waals surface area contributed by atoms with Crippen molar-refractivity contribution in [1.82, 2.24) is 4.90 Å². The van der Waals surface area contributed by atoms with Gasteiger partial charge < -0.3 is 19.4 Å². The molecule has 3 aromatic rings. The van der Waals surface area contributed by atoms with Crippen LogP contribution < -0.4 is 0 Å². The molecular formula is C23H25NO5. The highest BCUT2D eigenvalue weighted by atomic mass is 16.5. The molecule has 1 aliphatic rings. The zero-order valence-corrected chi connectivity index (χ0v) is 16.5. The van der Waals surface area contributed by atoms with Crippen LogP contribution in [0, 0.1) is 0 Å². The van der Waals surface area contributed by atoms with Gasteiger partial charge in [-0.1, -0.05) is 6.42 Å². The normalized spacial score (nSPS) is 14.9. The molecule has 2 heterocycles. The fourth-order valence-corrected chi connectivity index (χ4v) is 3.99. The Morgan fingerprint density at radius 2 is 1.79 bits per heavy atom. The number of nitrogens with zero attached hydrogens (tertiary/aromatic N) is 1. The smallest absolute Gasteiger partial charge is 0.342 e. The van der Waals surface area contributed by atoms with E-state index >= 15 is 0 Å². The zero-order chi connectivity index (χ0) is 20.4. The largest absolute Gasteiger partial charge is 0.508 e. The van der Waals surface area contributed by atoms with Gasteiger partial charge in [0.25, 0.3) is 0 Å². The van der Waals surface area contributed by atoms with Gasteiger partial charge in [0.1, 0.15) is 28.4 Å². The molecule has 6 nitrogen and oxygen atoms in total. The number of ether oxygens (including phenoxy) is 1. The summed E-state index contributed by atoms with van der Waals surface area (Å²) in [5.74, 6) is 0.153. The third-order valence-corrected chi connectivity index (χ3v) is 5.31. The predicted octanol–water partition coefficient (Wildman–Crippen LogP) is 4.67. The number of rotatable bonds is 5. The average Bonchev–Trinajstić information content (AvgIpc) is 3.09. The number of phenolic OH excluding ortho intramolecular Hbond substituents is 2. The highest BCUT2D eigenvalue weighted by Crippen LogP contribution is 2.39. The van der Waals surface area contributed by atoms with Crippen LogP contribution in [0.4, 0.5) is 0 Å². The molecule has 0 atom stereocenters. The molecule has 1 saturated heterocycles. The number of likely N-dealkylation sites (tertiary alicyclic amines) is 1. The maximum absolute atomic E-state index is 12.9. The lowest BCUT2D eigenvalue weighted by Crippen LogP contribution is -2.29. The minimum atomic E-state index is -0.458. The number of esters is 1. The third-order valence-electron chi connectivity index (χ3n) is 5.31. The van der Waals surface area contributed by atoms with E-state index in [1.165, 1.54) is 12.5 Å². The molecule has 0 radical (unpaired) electrons. The molecule has 1 aliphatic heterocycles. The second-order valence-electron chi connectivity index (χ2n) is 7.39. The van der Waals surface area contributed by atoms with Crippen molar-refractivity contribution in [1.29, 1.82) is 0 Å². The van der Waals surface area contributed by atoms with Crippen molar-refractivity contribution in [2.45, 2.75) is 32.7 Å². The Labute approximate surface area is 169 Å². The number of fused-ring (bicyclic) bond motifs is 1. The van der Waals surface area contributed by atoms with Crippen molar-refractivity contribution in [3.8, 4) is 22.8 Å². The maximum atomic E-state index is 12.9. The minimum absolute atomic E-state index is 0.103. The molecule has 6 heteroatoms. The summed E-state index contributed by atoms with van der Waals surface area (Å²) in [6, 6.07) is 9.71. The van der Waals surface area contributed by atoms with Gasteiger partial charge in [-0.2, -0.15) is 0 Å². The molecule has 0 unspecified atom stereocenters. The summed E-state index contributed by atoms with van der Waals surface area (Å²) in [6.07, 6.45) is 3.53. The Hall–Kier alpha value is -2.99. The maximum Gasteiger partial charge on any atom is 0.342 e. The lowest BCUT2D eigenvalue weighted by molar-refractivity contribution is 0.0528. The number of hydrogen-bond acceptors (Lipinski definition) is 6. The van der Waals surface area contributed by atoms with Gasteiger partial charge in [0.15, 0.2) is 0 Å². The van der Waals surface area contributed by atoms with Crippen molar-refractivity contribution in [2.24, 2.45) is 0 Å². The van der Waals surface area contributed by atoms with Crippen LogP contribution in [-0.2, 0) is 11.3 Å². The Morgan fingerprint density at radius 1 is 1.07 bits per heavy atom. The standard InChI is InChI=1S/C23H25NO5/c1-2-28-23(27)21-20-16(14-24-10-4-3-5-11-24)12-18(26)13-19(20)29-22(21)15-6-8-17(25)9-7-15/h6-9,12-13,25-26H,2-5,10-11,14H2,1H3. The van der Waals surface area contributed by atoms with Gasteiger partial charge >= 0.3 is 5.97 Å². The zero-order valence-electron chi connectivity index (χ0n) is 16.5. The first-order valence-electron chi connectivity index (χ1n) is 10.0. The monoisotopic (exact) mass is 395 g/mol. The lowest BCUT2D eigenvalue weighted by atomic mass is 10.00. The summed E-state index contributed by atoms with van der Waals surface area (Å²) >= 11 is 0. The van der Waals surface area contributed by atoms with Crippen LogP contribution in [0.5, 0.6) is 11.5 Å². The summed E-state index contributed by atoms with van der Waals surface area (Å²) < 4.78 is 11.4. The van der Waals surface area contributed by atoms with Crippen LogP contribution in [0.1, 0.15) is 42.1 Å². The van der Waals surface area contributed by atoms with Crippen LogP contribution in [0.2, 0.25) is 0 Å². The predicted molar refractivity (Wildman–Crippen MR) is 110 cm³/mol. The molecule has 0 spiro atoms. The first-order chi connectivity index (χ1) is 14.1. The second kappa shape index (κ2) is 8.17. The van der Waals surface area contributed by atoms with E-state index < -0.39 is 5.97 Å². The van der Waals surface area contributed by atoms with E-state index in [0.717, 1.165) is 31.5 Å². The van der Waals surface area contributed by atoms with Gasteiger partial charge in [-0.3, -0.25) is 4.90 Å². The van der Waals surface area contributed by atoms with Gasteiger partial charge in [-0.05, 0) is 68.8 Å². The Kier molecular flexibility index (Phi) is 5.45. The Morgan fingerprint density at radius 3 is 2.48 bits per heavy atom. The molecule has 1 fully saturated rings. The molecule has 0 aliphatic carbocycles. The fourth-order valence-electron chi connectivity index (χ4n) is 3.99. The number of aromatic hydroxyl groups is 2. The Balaban J connectivity index is 1.89. The molecular weight excluding hydrogens is 370 g/mol. The SMILES string of the molecule is CCOC(=O)c1c(-c2ccc(O)cc2)oc2cc(O)cc(CN3CCCCC3)c12. The van der Waals surface area contributed by atoms with Crippen LogP contribution in [0.15, 0.2) is 40.8 Å². The summed E-state index contributed by atoms with van der Waals surface area (Å²) in [6.45, 7) is 4.63. The first-order valence-corrected chi connectivity index (χ1v) is 10.0. The summed E-state index contributed by atoms with van der Waals surface area (Å²) in [5, 5.41) is 20.5.